The molecule has 7 nitrogen and oxygen atoms in total. The van der Waals surface area contributed by atoms with Crippen molar-refractivity contribution in [2.75, 3.05) is 17.8 Å². The van der Waals surface area contributed by atoms with E-state index in [1.807, 2.05) is 0 Å². The molecule has 0 aliphatic carbocycles. The highest BCUT2D eigenvalue weighted by Crippen LogP contribution is 2.29. The van der Waals surface area contributed by atoms with Crippen molar-refractivity contribution in [1.29, 1.82) is 0 Å². The van der Waals surface area contributed by atoms with Crippen LogP contribution in [0, 0.1) is 0 Å². The predicted molar refractivity (Wildman–Crippen MR) is 105 cm³/mol. The summed E-state index contributed by atoms with van der Waals surface area (Å²) in [6.45, 7) is 1.32. The molecule has 1 fully saturated rings. The topological polar surface area (TPSA) is 92.3 Å². The minimum Gasteiger partial charge on any atom is -0.339 e. The third-order valence-electron chi connectivity index (χ3n) is 4.35. The fourth-order valence-electron chi connectivity index (χ4n) is 3.06. The summed E-state index contributed by atoms with van der Waals surface area (Å²) in [6, 6.07) is 6.26. The average molecular weight is 423 g/mol. The fraction of sp³-hybridized carbons (Fsp3) is 0.235. The van der Waals surface area contributed by atoms with Crippen molar-refractivity contribution in [3.05, 3.63) is 47.2 Å². The number of carbonyl (C=O) groups excluding carboxylic acids is 1. The van der Waals surface area contributed by atoms with E-state index >= 15 is 0 Å². The van der Waals surface area contributed by atoms with Gasteiger partial charge in [0.2, 0.25) is 0 Å². The Hall–Kier alpha value is -2.23. The van der Waals surface area contributed by atoms with Crippen LogP contribution in [-0.4, -0.2) is 41.7 Å². The number of nitrogens with zero attached hydrogens (tertiary/aromatic N) is 3. The molecule has 4 rings (SSSR count). The monoisotopic (exact) mass is 422 g/mol. The second-order valence-corrected chi connectivity index (χ2v) is 9.02. The van der Waals surface area contributed by atoms with Crippen molar-refractivity contribution < 1.29 is 13.2 Å². The van der Waals surface area contributed by atoms with Crippen molar-refractivity contribution in [2.45, 2.75) is 17.9 Å². The quantitative estimate of drug-likeness (QED) is 0.695. The van der Waals surface area contributed by atoms with E-state index < -0.39 is 10.0 Å². The molecule has 0 radical (unpaired) electrons. The maximum Gasteiger partial charge on any atom is 0.280 e. The van der Waals surface area contributed by atoms with Crippen LogP contribution in [0.5, 0.6) is 0 Å². The van der Waals surface area contributed by atoms with Gasteiger partial charge in [0.05, 0.1) is 27.5 Å². The van der Waals surface area contributed by atoms with Gasteiger partial charge in [0, 0.05) is 24.3 Å². The summed E-state index contributed by atoms with van der Waals surface area (Å²) in [5, 5.41) is 0.631. The lowest BCUT2D eigenvalue weighted by Gasteiger charge is -2.18. The van der Waals surface area contributed by atoms with Gasteiger partial charge in [0.15, 0.2) is 5.03 Å². The van der Waals surface area contributed by atoms with E-state index in [1.54, 1.807) is 23.1 Å². The van der Waals surface area contributed by atoms with E-state index in [2.05, 4.69) is 14.1 Å². The van der Waals surface area contributed by atoms with Gasteiger partial charge in [-0.2, -0.15) is 12.8 Å². The summed E-state index contributed by atoms with van der Waals surface area (Å²) in [4.78, 5) is 18.5. The number of hydrogen-bond acceptors (Lipinski definition) is 6. The minimum absolute atomic E-state index is 0.131. The maximum atomic E-state index is 13.0. The number of benzene rings is 1. The summed E-state index contributed by atoms with van der Waals surface area (Å²) in [7, 11) is -4.03. The van der Waals surface area contributed by atoms with Gasteiger partial charge >= 0.3 is 0 Å². The summed E-state index contributed by atoms with van der Waals surface area (Å²) in [6.07, 6.45) is 4.77. The number of amides is 1. The third-order valence-corrected chi connectivity index (χ3v) is 6.67. The molecule has 27 heavy (non-hydrogen) atoms. The van der Waals surface area contributed by atoms with E-state index in [-0.39, 0.29) is 22.2 Å². The molecule has 3 aromatic rings. The SMILES string of the molecule is O=C(c1ccc(Cl)cc1NS(=O)(=O)c1nccc2sncc12)N1CCCC1. The molecule has 1 aliphatic rings. The number of halogens is 1. The first-order valence-electron chi connectivity index (χ1n) is 8.27. The van der Waals surface area contributed by atoms with E-state index in [9.17, 15) is 13.2 Å². The molecule has 3 heterocycles. The van der Waals surface area contributed by atoms with Gasteiger partial charge in [0.25, 0.3) is 15.9 Å². The summed E-state index contributed by atoms with van der Waals surface area (Å²) in [5.74, 6) is -0.217. The molecule has 10 heteroatoms. The molecule has 1 amide bonds. The van der Waals surface area contributed by atoms with Gasteiger partial charge in [0.1, 0.15) is 0 Å². The van der Waals surface area contributed by atoms with E-state index in [0.717, 1.165) is 12.8 Å². The number of rotatable bonds is 4. The molecular formula is C17H15ClN4O3S2. The first-order valence-corrected chi connectivity index (χ1v) is 10.9. The normalized spacial score (nSPS) is 14.6. The Morgan fingerprint density at radius 2 is 2.00 bits per heavy atom. The van der Waals surface area contributed by atoms with Crippen LogP contribution >= 0.6 is 23.1 Å². The van der Waals surface area contributed by atoms with Gasteiger partial charge in [-0.25, -0.2) is 4.98 Å². The number of nitrogens with one attached hydrogen (secondary N) is 1. The van der Waals surface area contributed by atoms with Crippen molar-refractivity contribution >= 4 is 54.8 Å². The molecule has 1 aromatic carbocycles. The summed E-state index contributed by atoms with van der Waals surface area (Å²) >= 11 is 7.24. The second kappa shape index (κ2) is 7.06. The Morgan fingerprint density at radius 3 is 2.78 bits per heavy atom. The fourth-order valence-corrected chi connectivity index (χ4v) is 5.14. The minimum atomic E-state index is -4.03. The van der Waals surface area contributed by atoms with Gasteiger partial charge < -0.3 is 4.90 Å². The molecule has 1 saturated heterocycles. The first kappa shape index (κ1) is 18.1. The number of anilines is 1. The number of likely N-dealkylation sites (tertiary alicyclic amines) is 1. The molecule has 0 saturated carbocycles. The van der Waals surface area contributed by atoms with Crippen LogP contribution < -0.4 is 4.72 Å². The van der Waals surface area contributed by atoms with E-state index in [4.69, 9.17) is 11.6 Å². The van der Waals surface area contributed by atoms with Crippen LogP contribution in [0.4, 0.5) is 5.69 Å². The predicted octanol–water partition coefficient (Wildman–Crippen LogP) is 3.38. The van der Waals surface area contributed by atoms with Crippen LogP contribution in [0.2, 0.25) is 5.02 Å². The summed E-state index contributed by atoms with van der Waals surface area (Å²) < 4.78 is 33.1. The van der Waals surface area contributed by atoms with Crippen LogP contribution in [-0.2, 0) is 10.0 Å². The Labute approximate surface area is 165 Å². The van der Waals surface area contributed by atoms with Gasteiger partial charge in [-0.15, -0.1) is 0 Å². The zero-order valence-corrected chi connectivity index (χ0v) is 16.4. The molecule has 140 valence electrons. The van der Waals surface area contributed by atoms with Crippen LogP contribution in [0.3, 0.4) is 0 Å². The summed E-state index contributed by atoms with van der Waals surface area (Å²) in [5.41, 5.74) is 0.405. The molecular weight excluding hydrogens is 408 g/mol. The number of hydrogen-bond donors (Lipinski definition) is 1. The van der Waals surface area contributed by atoms with Gasteiger partial charge in [-0.3, -0.25) is 9.52 Å². The highest BCUT2D eigenvalue weighted by molar-refractivity contribution is 7.92. The van der Waals surface area contributed by atoms with E-state index in [0.29, 0.717) is 28.2 Å². The molecule has 1 N–H and O–H groups in total. The number of aromatic nitrogens is 2. The molecule has 0 spiro atoms. The van der Waals surface area contributed by atoms with E-state index in [1.165, 1.54) is 30.0 Å². The zero-order chi connectivity index (χ0) is 19.0. The lowest BCUT2D eigenvalue weighted by molar-refractivity contribution is 0.0794. The van der Waals surface area contributed by atoms with Crippen LogP contribution in [0.25, 0.3) is 10.1 Å². The Bertz CT molecular complexity index is 1120. The van der Waals surface area contributed by atoms with Crippen molar-refractivity contribution in [3.8, 4) is 0 Å². The molecule has 0 bridgehead atoms. The Morgan fingerprint density at radius 1 is 1.22 bits per heavy atom. The molecule has 2 aromatic heterocycles. The highest BCUT2D eigenvalue weighted by atomic mass is 35.5. The number of carbonyl (C=O) groups is 1. The average Bonchev–Trinajstić information content (AvgIpc) is 3.32. The van der Waals surface area contributed by atoms with Gasteiger partial charge in [-0.05, 0) is 48.6 Å². The van der Waals surface area contributed by atoms with Crippen LogP contribution in [0.15, 0.2) is 41.7 Å². The maximum absolute atomic E-state index is 13.0. The van der Waals surface area contributed by atoms with Crippen LogP contribution in [0.1, 0.15) is 23.2 Å². The standard InChI is InChI=1S/C17H15ClN4O3S2/c18-11-3-4-12(17(23)22-7-1-2-8-22)14(9-11)21-27(24,25)16-13-10-20-26-15(13)5-6-19-16/h3-6,9-10,21H,1-2,7-8H2. The zero-order valence-electron chi connectivity index (χ0n) is 14.1. The van der Waals surface area contributed by atoms with Crippen molar-refractivity contribution in [2.24, 2.45) is 0 Å². The lowest BCUT2D eigenvalue weighted by Crippen LogP contribution is -2.29. The smallest absolute Gasteiger partial charge is 0.280 e. The Balaban J connectivity index is 1.74. The lowest BCUT2D eigenvalue weighted by atomic mass is 10.1. The number of fused-ring (bicyclic) bond motifs is 1. The number of pyridine rings is 1. The molecule has 0 unspecified atom stereocenters. The molecule has 1 aliphatic heterocycles. The third kappa shape index (κ3) is 3.50. The highest BCUT2D eigenvalue weighted by Gasteiger charge is 2.26. The Kier molecular flexibility index (Phi) is 4.75. The van der Waals surface area contributed by atoms with Crippen molar-refractivity contribution in [3.63, 3.8) is 0 Å². The van der Waals surface area contributed by atoms with Crippen molar-refractivity contribution in [1.82, 2.24) is 14.3 Å². The molecule has 0 atom stereocenters. The largest absolute Gasteiger partial charge is 0.339 e. The second-order valence-electron chi connectivity index (χ2n) is 6.15. The van der Waals surface area contributed by atoms with Gasteiger partial charge in [-0.1, -0.05) is 11.6 Å². The number of sulfonamides is 1. The first-order chi connectivity index (χ1) is 13.0.